The highest BCUT2D eigenvalue weighted by Crippen LogP contribution is 2.34. The lowest BCUT2D eigenvalue weighted by Crippen LogP contribution is -2.01. The summed E-state index contributed by atoms with van der Waals surface area (Å²) in [7, 11) is 0. The van der Waals surface area contributed by atoms with Crippen LogP contribution in [-0.2, 0) is 0 Å². The van der Waals surface area contributed by atoms with E-state index in [9.17, 15) is 4.79 Å². The molecule has 100 valence electrons. The van der Waals surface area contributed by atoms with Gasteiger partial charge in [-0.2, -0.15) is 0 Å². The lowest BCUT2D eigenvalue weighted by atomic mass is 10.1. The summed E-state index contributed by atoms with van der Waals surface area (Å²) < 4.78 is 5.31. The second-order valence-electron chi connectivity index (χ2n) is 4.29. The molecule has 0 aliphatic heterocycles. The quantitative estimate of drug-likeness (QED) is 0.908. The number of carbonyl (C=O) groups is 1. The highest BCUT2D eigenvalue weighted by Gasteiger charge is 2.23. The van der Waals surface area contributed by atoms with Crippen molar-refractivity contribution in [2.24, 2.45) is 0 Å². The molecule has 1 N–H and O–H groups in total. The van der Waals surface area contributed by atoms with Crippen molar-refractivity contribution in [1.29, 1.82) is 0 Å². The van der Waals surface area contributed by atoms with Crippen LogP contribution in [0.3, 0.4) is 0 Å². The Morgan fingerprint density at radius 1 is 1.37 bits per heavy atom. The van der Waals surface area contributed by atoms with E-state index in [0.29, 0.717) is 16.3 Å². The van der Waals surface area contributed by atoms with Crippen molar-refractivity contribution in [3.05, 3.63) is 39.7 Å². The van der Waals surface area contributed by atoms with E-state index in [4.69, 9.17) is 32.7 Å². The molecule has 0 atom stereocenters. The van der Waals surface area contributed by atoms with Crippen molar-refractivity contribution < 1.29 is 14.3 Å². The number of oxazole rings is 1. The topological polar surface area (TPSA) is 63.3 Å². The third-order valence-corrected chi connectivity index (χ3v) is 3.40. The second-order valence-corrected chi connectivity index (χ2v) is 5.08. The summed E-state index contributed by atoms with van der Waals surface area (Å²) in [6.07, 6.45) is 0. The van der Waals surface area contributed by atoms with Gasteiger partial charge in [0.05, 0.1) is 21.3 Å². The van der Waals surface area contributed by atoms with Gasteiger partial charge < -0.3 is 9.52 Å². The standard InChI is InChI=1S/C13H11Cl2NO3/c1-6(2)10-11(13(17)18)19-12(16-10)7-4-3-5-8(14)9(7)15/h3-6H,1-2H3,(H,17,18). The van der Waals surface area contributed by atoms with Crippen molar-refractivity contribution >= 4 is 29.2 Å². The average molecular weight is 300 g/mol. The number of carboxylic acid groups (broad SMARTS) is 1. The molecule has 0 fully saturated rings. The van der Waals surface area contributed by atoms with Gasteiger partial charge in [0.2, 0.25) is 11.7 Å². The molecule has 4 nitrogen and oxygen atoms in total. The van der Waals surface area contributed by atoms with Gasteiger partial charge in [-0.1, -0.05) is 43.1 Å². The minimum atomic E-state index is -1.15. The van der Waals surface area contributed by atoms with Gasteiger partial charge in [-0.05, 0) is 18.1 Å². The zero-order valence-electron chi connectivity index (χ0n) is 10.3. The molecule has 6 heteroatoms. The van der Waals surface area contributed by atoms with Gasteiger partial charge in [0.1, 0.15) is 0 Å². The van der Waals surface area contributed by atoms with Crippen molar-refractivity contribution in [2.45, 2.75) is 19.8 Å². The maximum atomic E-state index is 11.1. The molecule has 2 rings (SSSR count). The van der Waals surface area contributed by atoms with E-state index in [1.807, 2.05) is 13.8 Å². The van der Waals surface area contributed by atoms with Crippen LogP contribution in [0.2, 0.25) is 10.0 Å². The van der Waals surface area contributed by atoms with E-state index in [1.54, 1.807) is 18.2 Å². The molecule has 0 spiro atoms. The Bertz CT molecular complexity index is 635. The van der Waals surface area contributed by atoms with Crippen molar-refractivity contribution in [1.82, 2.24) is 4.98 Å². The van der Waals surface area contributed by atoms with Crippen molar-refractivity contribution in [3.63, 3.8) is 0 Å². The van der Waals surface area contributed by atoms with Crippen LogP contribution >= 0.6 is 23.2 Å². The van der Waals surface area contributed by atoms with Crippen LogP contribution < -0.4 is 0 Å². The first-order chi connectivity index (χ1) is 8.91. The zero-order valence-corrected chi connectivity index (χ0v) is 11.8. The zero-order chi connectivity index (χ0) is 14.2. The molecule has 0 bridgehead atoms. The Hall–Kier alpha value is -1.52. The molecule has 2 aromatic rings. The number of hydrogen-bond acceptors (Lipinski definition) is 3. The maximum Gasteiger partial charge on any atom is 0.373 e. The fraction of sp³-hybridized carbons (Fsp3) is 0.231. The highest BCUT2D eigenvalue weighted by atomic mass is 35.5. The molecule has 0 saturated heterocycles. The van der Waals surface area contributed by atoms with Crippen LogP contribution in [0.1, 0.15) is 36.0 Å². The molecule has 0 unspecified atom stereocenters. The van der Waals surface area contributed by atoms with E-state index < -0.39 is 5.97 Å². The largest absolute Gasteiger partial charge is 0.475 e. The van der Waals surface area contributed by atoms with E-state index in [2.05, 4.69) is 4.98 Å². The first-order valence-corrected chi connectivity index (χ1v) is 6.35. The lowest BCUT2D eigenvalue weighted by molar-refractivity contribution is 0.0661. The Morgan fingerprint density at radius 3 is 2.58 bits per heavy atom. The maximum absolute atomic E-state index is 11.1. The van der Waals surface area contributed by atoms with E-state index >= 15 is 0 Å². The highest BCUT2D eigenvalue weighted by molar-refractivity contribution is 6.43. The molecule has 1 heterocycles. The predicted molar refractivity (Wildman–Crippen MR) is 73.0 cm³/mol. The van der Waals surface area contributed by atoms with Gasteiger partial charge in [-0.25, -0.2) is 9.78 Å². The monoisotopic (exact) mass is 299 g/mol. The van der Waals surface area contributed by atoms with Crippen LogP contribution in [0.5, 0.6) is 0 Å². The van der Waals surface area contributed by atoms with Crippen LogP contribution in [0, 0.1) is 0 Å². The van der Waals surface area contributed by atoms with Crippen LogP contribution in [0.25, 0.3) is 11.5 Å². The van der Waals surface area contributed by atoms with E-state index in [-0.39, 0.29) is 22.6 Å². The summed E-state index contributed by atoms with van der Waals surface area (Å²) in [5, 5.41) is 9.76. The second kappa shape index (κ2) is 5.23. The van der Waals surface area contributed by atoms with Gasteiger partial charge in [0, 0.05) is 0 Å². The number of rotatable bonds is 3. The third-order valence-electron chi connectivity index (χ3n) is 2.58. The summed E-state index contributed by atoms with van der Waals surface area (Å²) in [5.41, 5.74) is 0.863. The fourth-order valence-electron chi connectivity index (χ4n) is 1.66. The third kappa shape index (κ3) is 2.60. The van der Waals surface area contributed by atoms with Gasteiger partial charge in [-0.3, -0.25) is 0 Å². The average Bonchev–Trinajstić information content (AvgIpc) is 2.77. The van der Waals surface area contributed by atoms with Crippen molar-refractivity contribution in [3.8, 4) is 11.5 Å². The molecule has 0 aliphatic carbocycles. The molecule has 0 radical (unpaired) electrons. The minimum Gasteiger partial charge on any atom is -0.475 e. The Morgan fingerprint density at radius 2 is 2.05 bits per heavy atom. The van der Waals surface area contributed by atoms with Gasteiger partial charge in [0.15, 0.2) is 0 Å². The van der Waals surface area contributed by atoms with Gasteiger partial charge in [0.25, 0.3) is 0 Å². The van der Waals surface area contributed by atoms with Gasteiger partial charge in [-0.15, -0.1) is 0 Å². The Balaban J connectivity index is 2.61. The molecule has 1 aromatic heterocycles. The first-order valence-electron chi connectivity index (χ1n) is 5.60. The number of carboxylic acids is 1. The van der Waals surface area contributed by atoms with Crippen LogP contribution in [-0.4, -0.2) is 16.1 Å². The molecular formula is C13H11Cl2NO3. The van der Waals surface area contributed by atoms with Crippen LogP contribution in [0.4, 0.5) is 0 Å². The molecule has 19 heavy (non-hydrogen) atoms. The number of nitrogens with zero attached hydrogens (tertiary/aromatic N) is 1. The van der Waals surface area contributed by atoms with Crippen molar-refractivity contribution in [2.75, 3.05) is 0 Å². The lowest BCUT2D eigenvalue weighted by Gasteiger charge is -2.00. The minimum absolute atomic E-state index is 0.0680. The fourth-order valence-corrected chi connectivity index (χ4v) is 2.04. The number of benzene rings is 1. The predicted octanol–water partition coefficient (Wildman–Crippen LogP) is 4.47. The number of aromatic carboxylic acids is 1. The Labute approximate surface area is 120 Å². The molecule has 1 aromatic carbocycles. The summed E-state index contributed by atoms with van der Waals surface area (Å²) in [6, 6.07) is 5.01. The Kier molecular flexibility index (Phi) is 3.83. The van der Waals surface area contributed by atoms with Gasteiger partial charge >= 0.3 is 5.97 Å². The molecule has 0 aliphatic rings. The molecular weight excluding hydrogens is 289 g/mol. The summed E-state index contributed by atoms with van der Waals surface area (Å²) in [6.45, 7) is 3.68. The normalized spacial score (nSPS) is 11.0. The number of halogens is 2. The summed E-state index contributed by atoms with van der Waals surface area (Å²) in [5.74, 6) is -1.23. The molecule has 0 amide bonds. The SMILES string of the molecule is CC(C)c1nc(-c2cccc(Cl)c2Cl)oc1C(=O)O. The number of hydrogen-bond donors (Lipinski definition) is 1. The summed E-state index contributed by atoms with van der Waals surface area (Å²) in [4.78, 5) is 15.3. The smallest absolute Gasteiger partial charge is 0.373 e. The van der Waals surface area contributed by atoms with E-state index in [0.717, 1.165) is 0 Å². The molecule has 0 saturated carbocycles. The first kappa shape index (κ1) is 13.9. The summed E-state index contributed by atoms with van der Waals surface area (Å²) >= 11 is 12.0. The van der Waals surface area contributed by atoms with E-state index in [1.165, 1.54) is 0 Å². The number of aromatic nitrogens is 1. The van der Waals surface area contributed by atoms with Crippen LogP contribution in [0.15, 0.2) is 22.6 Å².